The first kappa shape index (κ1) is 20.3. The Kier molecular flexibility index (Phi) is 6.11. The van der Waals surface area contributed by atoms with E-state index in [4.69, 9.17) is 0 Å². The summed E-state index contributed by atoms with van der Waals surface area (Å²) in [5.41, 5.74) is 0.624. The van der Waals surface area contributed by atoms with Crippen molar-refractivity contribution in [2.45, 2.75) is 6.36 Å². The molecule has 0 fully saturated rings. The van der Waals surface area contributed by atoms with Crippen LogP contribution in [-0.2, 0) is 14.8 Å². The average Bonchev–Trinajstić information content (AvgIpc) is 2.51. The fraction of sp³-hybridized carbons (Fsp3) is 0.118. The molecule has 1 amide bonds. The lowest BCUT2D eigenvalue weighted by Gasteiger charge is -2.11. The van der Waals surface area contributed by atoms with E-state index in [1.54, 1.807) is 0 Å². The second-order valence-corrected chi connectivity index (χ2v) is 7.11. The van der Waals surface area contributed by atoms with Crippen LogP contribution in [0, 0.1) is 0 Å². The minimum atomic E-state index is -4.85. The summed E-state index contributed by atoms with van der Waals surface area (Å²) in [5, 5.41) is 2.48. The number of halogens is 3. The van der Waals surface area contributed by atoms with Crippen LogP contribution < -0.4 is 14.8 Å². The number of benzene rings is 2. The highest BCUT2D eigenvalue weighted by molar-refractivity contribution is 7.92. The number of rotatable bonds is 6. The molecule has 0 saturated carbocycles. The zero-order valence-electron chi connectivity index (χ0n) is 13.9. The van der Waals surface area contributed by atoms with Crippen LogP contribution in [0.2, 0.25) is 0 Å². The highest BCUT2D eigenvalue weighted by atomic mass is 32.2. The molecule has 27 heavy (non-hydrogen) atoms. The molecular formula is C17H15F3N2O4S. The summed E-state index contributed by atoms with van der Waals surface area (Å²) >= 11 is 0. The summed E-state index contributed by atoms with van der Waals surface area (Å²) in [7, 11) is -3.47. The second-order valence-electron chi connectivity index (χ2n) is 5.36. The van der Waals surface area contributed by atoms with Gasteiger partial charge in [-0.25, -0.2) is 8.42 Å². The largest absolute Gasteiger partial charge is 0.573 e. The maximum atomic E-state index is 12.4. The van der Waals surface area contributed by atoms with E-state index in [-0.39, 0.29) is 11.3 Å². The molecule has 0 saturated heterocycles. The predicted molar refractivity (Wildman–Crippen MR) is 95.7 cm³/mol. The first-order valence-electron chi connectivity index (χ1n) is 7.43. The van der Waals surface area contributed by atoms with Gasteiger partial charge in [-0.05, 0) is 30.3 Å². The van der Waals surface area contributed by atoms with E-state index in [1.165, 1.54) is 48.5 Å². The molecule has 0 bridgehead atoms. The van der Waals surface area contributed by atoms with Gasteiger partial charge in [-0.2, -0.15) is 0 Å². The summed E-state index contributed by atoms with van der Waals surface area (Å²) in [6.45, 7) is 0. The van der Waals surface area contributed by atoms with E-state index in [9.17, 15) is 26.4 Å². The summed E-state index contributed by atoms with van der Waals surface area (Å²) < 4.78 is 65.8. The van der Waals surface area contributed by atoms with Crippen molar-refractivity contribution in [3.8, 4) is 5.75 Å². The number of hydrogen-bond acceptors (Lipinski definition) is 4. The maximum Gasteiger partial charge on any atom is 0.573 e. The zero-order valence-corrected chi connectivity index (χ0v) is 14.8. The third-order valence-electron chi connectivity index (χ3n) is 2.99. The minimum absolute atomic E-state index is 0.0671. The van der Waals surface area contributed by atoms with Gasteiger partial charge < -0.3 is 10.1 Å². The Morgan fingerprint density at radius 2 is 1.74 bits per heavy atom. The van der Waals surface area contributed by atoms with E-state index in [1.807, 2.05) is 0 Å². The smallest absolute Gasteiger partial charge is 0.405 e. The molecule has 0 aliphatic heterocycles. The van der Waals surface area contributed by atoms with E-state index in [0.717, 1.165) is 18.4 Å². The van der Waals surface area contributed by atoms with E-state index in [0.29, 0.717) is 5.69 Å². The van der Waals surface area contributed by atoms with Gasteiger partial charge >= 0.3 is 6.36 Å². The lowest BCUT2D eigenvalue weighted by Crippen LogP contribution is -2.17. The fourth-order valence-electron chi connectivity index (χ4n) is 2.06. The molecule has 144 valence electrons. The second kappa shape index (κ2) is 8.12. The summed E-state index contributed by atoms with van der Waals surface area (Å²) in [6, 6.07) is 11.3. The third kappa shape index (κ3) is 7.40. The maximum absolute atomic E-state index is 12.4. The van der Waals surface area contributed by atoms with Gasteiger partial charge in [-0.3, -0.25) is 9.52 Å². The SMILES string of the molecule is CS(=O)(=O)Nc1cccc(NC(=O)/C=C/c2ccccc2OC(F)(F)F)c1. The molecular weight excluding hydrogens is 385 g/mol. The van der Waals surface area contributed by atoms with E-state index < -0.39 is 28.0 Å². The summed E-state index contributed by atoms with van der Waals surface area (Å²) in [4.78, 5) is 12.0. The standard InChI is InChI=1S/C17H15F3N2O4S/c1-27(24,25)22-14-7-4-6-13(11-14)21-16(23)10-9-12-5-2-3-8-15(12)26-17(18,19)20/h2-11,22H,1H3,(H,21,23)/b10-9+. The van der Waals surface area contributed by atoms with Gasteiger partial charge in [0.15, 0.2) is 0 Å². The molecule has 0 unspecified atom stereocenters. The Morgan fingerprint density at radius 3 is 2.41 bits per heavy atom. The van der Waals surface area contributed by atoms with Crippen LogP contribution in [0.5, 0.6) is 5.75 Å². The van der Waals surface area contributed by atoms with Gasteiger partial charge in [0.25, 0.3) is 0 Å². The molecule has 2 aromatic carbocycles. The van der Waals surface area contributed by atoms with Crippen molar-refractivity contribution >= 4 is 33.4 Å². The van der Waals surface area contributed by atoms with Crippen LogP contribution in [0.25, 0.3) is 6.08 Å². The number of para-hydroxylation sites is 1. The Morgan fingerprint density at radius 1 is 1.07 bits per heavy atom. The van der Waals surface area contributed by atoms with Crippen LogP contribution in [-0.4, -0.2) is 26.9 Å². The Balaban J connectivity index is 2.09. The van der Waals surface area contributed by atoms with Crippen molar-refractivity contribution in [2.75, 3.05) is 16.3 Å². The van der Waals surface area contributed by atoms with Crippen molar-refractivity contribution < 1.29 is 31.1 Å². The fourth-order valence-corrected chi connectivity index (χ4v) is 2.61. The van der Waals surface area contributed by atoms with Gasteiger partial charge in [0.1, 0.15) is 5.75 Å². The Labute approximate surface area is 153 Å². The van der Waals surface area contributed by atoms with Crippen molar-refractivity contribution in [2.24, 2.45) is 0 Å². The van der Waals surface area contributed by atoms with Gasteiger partial charge in [0, 0.05) is 17.3 Å². The zero-order chi connectivity index (χ0) is 20.1. The number of ether oxygens (including phenoxy) is 1. The molecule has 0 atom stereocenters. The van der Waals surface area contributed by atoms with Gasteiger partial charge in [0.05, 0.1) is 11.9 Å². The molecule has 10 heteroatoms. The van der Waals surface area contributed by atoms with Crippen molar-refractivity contribution in [1.82, 2.24) is 0 Å². The molecule has 0 heterocycles. The monoisotopic (exact) mass is 400 g/mol. The number of nitrogens with one attached hydrogen (secondary N) is 2. The highest BCUT2D eigenvalue weighted by Crippen LogP contribution is 2.27. The highest BCUT2D eigenvalue weighted by Gasteiger charge is 2.31. The quantitative estimate of drug-likeness (QED) is 0.726. The van der Waals surface area contributed by atoms with Gasteiger partial charge in [-0.1, -0.05) is 24.3 Å². The van der Waals surface area contributed by atoms with Crippen LogP contribution in [0.1, 0.15) is 5.56 Å². The van der Waals surface area contributed by atoms with Crippen LogP contribution in [0.3, 0.4) is 0 Å². The number of amides is 1. The Bertz CT molecular complexity index is 957. The van der Waals surface area contributed by atoms with Crippen LogP contribution in [0.4, 0.5) is 24.5 Å². The minimum Gasteiger partial charge on any atom is -0.405 e. The van der Waals surface area contributed by atoms with Crippen LogP contribution >= 0.6 is 0 Å². The first-order valence-corrected chi connectivity index (χ1v) is 9.33. The Hall–Kier alpha value is -3.01. The molecule has 0 aliphatic carbocycles. The number of carbonyl (C=O) groups excluding carboxylic acids is 1. The molecule has 2 rings (SSSR count). The van der Waals surface area contributed by atoms with E-state index >= 15 is 0 Å². The predicted octanol–water partition coefficient (Wildman–Crippen LogP) is 3.61. The number of hydrogen-bond donors (Lipinski definition) is 2. The first-order chi connectivity index (χ1) is 12.5. The molecule has 2 aromatic rings. The number of sulfonamides is 1. The van der Waals surface area contributed by atoms with Crippen molar-refractivity contribution in [3.05, 3.63) is 60.2 Å². The molecule has 0 spiro atoms. The van der Waals surface area contributed by atoms with Gasteiger partial charge in [0.2, 0.25) is 15.9 Å². The lowest BCUT2D eigenvalue weighted by atomic mass is 10.2. The summed E-state index contributed by atoms with van der Waals surface area (Å²) in [5.74, 6) is -1.05. The molecule has 0 aromatic heterocycles. The van der Waals surface area contributed by atoms with Gasteiger partial charge in [-0.15, -0.1) is 13.2 Å². The van der Waals surface area contributed by atoms with Crippen molar-refractivity contribution in [3.63, 3.8) is 0 Å². The van der Waals surface area contributed by atoms with Crippen molar-refractivity contribution in [1.29, 1.82) is 0 Å². The van der Waals surface area contributed by atoms with Crippen LogP contribution in [0.15, 0.2) is 54.6 Å². The third-order valence-corrected chi connectivity index (χ3v) is 3.60. The molecule has 2 N–H and O–H groups in total. The molecule has 0 radical (unpaired) electrons. The number of anilines is 2. The molecule has 0 aliphatic rings. The lowest BCUT2D eigenvalue weighted by molar-refractivity contribution is -0.274. The number of alkyl halides is 3. The summed E-state index contributed by atoms with van der Waals surface area (Å²) in [6.07, 6.45) is -1.65. The average molecular weight is 400 g/mol. The van der Waals surface area contributed by atoms with E-state index in [2.05, 4.69) is 14.8 Å². The number of carbonyl (C=O) groups is 1. The normalized spacial score (nSPS) is 12.0. The molecule has 6 nitrogen and oxygen atoms in total. The topological polar surface area (TPSA) is 84.5 Å².